The Morgan fingerprint density at radius 1 is 1.38 bits per heavy atom. The van der Waals surface area contributed by atoms with E-state index in [0.29, 0.717) is 0 Å². The number of ether oxygens (including phenoxy) is 1. The second-order valence-electron chi connectivity index (χ2n) is 5.01. The van der Waals surface area contributed by atoms with Gasteiger partial charge in [0.05, 0.1) is 6.61 Å². The number of rotatable bonds is 3. The van der Waals surface area contributed by atoms with Gasteiger partial charge in [-0.15, -0.1) is 0 Å². The fourth-order valence-corrected chi connectivity index (χ4v) is 1.32. The largest absolute Gasteiger partial charge is 0.485 e. The molecule has 0 aliphatic heterocycles. The van der Waals surface area contributed by atoms with E-state index >= 15 is 0 Å². The zero-order valence-corrected chi connectivity index (χ0v) is 10.2. The van der Waals surface area contributed by atoms with Crippen LogP contribution in [0.4, 0.5) is 4.39 Å². The molecule has 0 aliphatic rings. The van der Waals surface area contributed by atoms with E-state index in [0.717, 1.165) is 5.56 Å². The normalized spacial score (nSPS) is 13.6. The van der Waals surface area contributed by atoms with Crippen LogP contribution in [0.5, 0.6) is 5.75 Å². The van der Waals surface area contributed by atoms with Crippen molar-refractivity contribution in [2.75, 3.05) is 6.61 Å². The van der Waals surface area contributed by atoms with Gasteiger partial charge in [0.2, 0.25) is 0 Å². The van der Waals surface area contributed by atoms with Crippen molar-refractivity contribution in [2.45, 2.75) is 39.2 Å². The van der Waals surface area contributed by atoms with Crippen LogP contribution in [-0.2, 0) is 5.41 Å². The van der Waals surface area contributed by atoms with Gasteiger partial charge >= 0.3 is 0 Å². The van der Waals surface area contributed by atoms with E-state index in [1.54, 1.807) is 13.0 Å². The Bertz CT molecular complexity index is 355. The summed E-state index contributed by atoms with van der Waals surface area (Å²) < 4.78 is 18.9. The van der Waals surface area contributed by atoms with E-state index < -0.39 is 6.10 Å². The van der Waals surface area contributed by atoms with E-state index in [1.165, 1.54) is 6.07 Å². The van der Waals surface area contributed by atoms with Crippen molar-refractivity contribution in [2.24, 2.45) is 0 Å². The maximum absolute atomic E-state index is 13.7. The molecule has 0 spiro atoms. The molecule has 16 heavy (non-hydrogen) atoms. The molecule has 0 saturated heterocycles. The first-order chi connectivity index (χ1) is 7.34. The van der Waals surface area contributed by atoms with Gasteiger partial charge in [-0.1, -0.05) is 26.8 Å². The van der Waals surface area contributed by atoms with Gasteiger partial charge in [0, 0.05) is 0 Å². The van der Waals surface area contributed by atoms with Gasteiger partial charge in [-0.25, -0.2) is 4.39 Å². The van der Waals surface area contributed by atoms with Gasteiger partial charge < -0.3 is 9.84 Å². The van der Waals surface area contributed by atoms with E-state index in [9.17, 15) is 4.39 Å². The minimum Gasteiger partial charge on any atom is -0.485 e. The highest BCUT2D eigenvalue weighted by Crippen LogP contribution is 2.27. The minimum absolute atomic E-state index is 0.0814. The lowest BCUT2D eigenvalue weighted by Crippen LogP contribution is -2.17. The molecule has 0 unspecified atom stereocenters. The summed E-state index contributed by atoms with van der Waals surface area (Å²) in [5.74, 6) is -0.192. The molecule has 1 atom stereocenters. The highest BCUT2D eigenvalue weighted by atomic mass is 19.1. The second-order valence-corrected chi connectivity index (χ2v) is 5.01. The molecule has 2 nitrogen and oxygen atoms in total. The quantitative estimate of drug-likeness (QED) is 0.858. The number of aliphatic hydroxyl groups is 1. The highest BCUT2D eigenvalue weighted by Gasteiger charge is 2.16. The predicted octanol–water partition coefficient (Wildman–Crippen LogP) is 2.88. The minimum atomic E-state index is -0.394. The number of aliphatic hydroxyl groups excluding tert-OH is 1. The molecule has 3 heteroatoms. The van der Waals surface area contributed by atoms with Crippen LogP contribution < -0.4 is 4.74 Å². The molecule has 0 heterocycles. The topological polar surface area (TPSA) is 29.5 Å². The SMILES string of the molecule is C[C@H](CO)Oc1ccc(C(C)(C)C)cc1F. The van der Waals surface area contributed by atoms with Crippen LogP contribution in [0, 0.1) is 5.82 Å². The van der Waals surface area contributed by atoms with Crippen LogP contribution in [0.15, 0.2) is 18.2 Å². The van der Waals surface area contributed by atoms with Crippen molar-refractivity contribution in [1.82, 2.24) is 0 Å². The highest BCUT2D eigenvalue weighted by molar-refractivity contribution is 5.32. The zero-order chi connectivity index (χ0) is 12.3. The molecular weight excluding hydrogens is 207 g/mol. The van der Waals surface area contributed by atoms with Gasteiger partial charge in [0.15, 0.2) is 11.6 Å². The third-order valence-corrected chi connectivity index (χ3v) is 2.38. The second kappa shape index (κ2) is 4.83. The van der Waals surface area contributed by atoms with E-state index in [4.69, 9.17) is 9.84 Å². The fourth-order valence-electron chi connectivity index (χ4n) is 1.32. The number of benzene rings is 1. The lowest BCUT2D eigenvalue weighted by atomic mass is 9.87. The van der Waals surface area contributed by atoms with E-state index in [1.807, 2.05) is 26.8 Å². The predicted molar refractivity (Wildman–Crippen MR) is 62.3 cm³/mol. The smallest absolute Gasteiger partial charge is 0.165 e. The van der Waals surface area contributed by atoms with Gasteiger partial charge in [-0.2, -0.15) is 0 Å². The third-order valence-electron chi connectivity index (χ3n) is 2.38. The summed E-state index contributed by atoms with van der Waals surface area (Å²) in [7, 11) is 0. The molecule has 0 radical (unpaired) electrons. The monoisotopic (exact) mass is 226 g/mol. The Morgan fingerprint density at radius 2 is 2.00 bits per heavy atom. The van der Waals surface area contributed by atoms with Crippen molar-refractivity contribution in [3.8, 4) is 5.75 Å². The molecular formula is C13H19FO2. The Hall–Kier alpha value is -1.09. The zero-order valence-electron chi connectivity index (χ0n) is 10.2. The Morgan fingerprint density at radius 3 is 2.44 bits per heavy atom. The third kappa shape index (κ3) is 3.20. The van der Waals surface area contributed by atoms with Crippen LogP contribution >= 0.6 is 0 Å². The molecule has 1 aromatic carbocycles. The first-order valence-corrected chi connectivity index (χ1v) is 5.42. The van der Waals surface area contributed by atoms with Crippen molar-refractivity contribution in [1.29, 1.82) is 0 Å². The summed E-state index contributed by atoms with van der Waals surface area (Å²) in [4.78, 5) is 0. The van der Waals surface area contributed by atoms with Gasteiger partial charge in [-0.05, 0) is 30.0 Å². The summed E-state index contributed by atoms with van der Waals surface area (Å²) in [6.07, 6.45) is -0.394. The first-order valence-electron chi connectivity index (χ1n) is 5.42. The van der Waals surface area contributed by atoms with Crippen LogP contribution in [0.1, 0.15) is 33.3 Å². The molecule has 0 aromatic heterocycles. The van der Waals surface area contributed by atoms with Gasteiger partial charge in [0.25, 0.3) is 0 Å². The average molecular weight is 226 g/mol. The van der Waals surface area contributed by atoms with E-state index in [2.05, 4.69) is 0 Å². The molecule has 90 valence electrons. The lowest BCUT2D eigenvalue weighted by Gasteiger charge is -2.20. The van der Waals surface area contributed by atoms with Crippen molar-refractivity contribution < 1.29 is 14.2 Å². The maximum Gasteiger partial charge on any atom is 0.165 e. The fraction of sp³-hybridized carbons (Fsp3) is 0.538. The molecule has 0 saturated carbocycles. The molecule has 1 aromatic rings. The standard InChI is InChI=1S/C13H19FO2/c1-9(8-15)16-12-6-5-10(7-11(12)14)13(2,3)4/h5-7,9,15H,8H2,1-4H3/t9-/m1/s1. The Labute approximate surface area is 96.1 Å². The number of hydrogen-bond donors (Lipinski definition) is 1. The summed E-state index contributed by atoms with van der Waals surface area (Å²) in [5.41, 5.74) is 0.844. The molecule has 0 fully saturated rings. The van der Waals surface area contributed by atoms with Crippen LogP contribution in [-0.4, -0.2) is 17.8 Å². The van der Waals surface area contributed by atoms with Gasteiger partial charge in [-0.3, -0.25) is 0 Å². The van der Waals surface area contributed by atoms with Crippen molar-refractivity contribution in [3.05, 3.63) is 29.6 Å². The van der Waals surface area contributed by atoms with Gasteiger partial charge in [0.1, 0.15) is 6.10 Å². The number of halogens is 1. The number of hydrogen-bond acceptors (Lipinski definition) is 2. The average Bonchev–Trinajstić information content (AvgIpc) is 2.19. The molecule has 1 N–H and O–H groups in total. The maximum atomic E-state index is 13.7. The van der Waals surface area contributed by atoms with E-state index in [-0.39, 0.29) is 23.6 Å². The Balaban J connectivity index is 2.92. The molecule has 0 aliphatic carbocycles. The van der Waals surface area contributed by atoms with Crippen LogP contribution in [0.3, 0.4) is 0 Å². The molecule has 0 bridgehead atoms. The first kappa shape index (κ1) is 13.0. The van der Waals surface area contributed by atoms with Crippen molar-refractivity contribution >= 4 is 0 Å². The van der Waals surface area contributed by atoms with Crippen molar-refractivity contribution in [3.63, 3.8) is 0 Å². The Kier molecular flexibility index (Phi) is 3.92. The molecule has 1 rings (SSSR count). The lowest BCUT2D eigenvalue weighted by molar-refractivity contribution is 0.125. The van der Waals surface area contributed by atoms with Crippen LogP contribution in [0.25, 0.3) is 0 Å². The van der Waals surface area contributed by atoms with Crippen LogP contribution in [0.2, 0.25) is 0 Å². The summed E-state index contributed by atoms with van der Waals surface area (Å²) in [5, 5.41) is 8.82. The summed E-state index contributed by atoms with van der Waals surface area (Å²) >= 11 is 0. The molecule has 0 amide bonds. The summed E-state index contributed by atoms with van der Waals surface area (Å²) in [6.45, 7) is 7.65. The summed E-state index contributed by atoms with van der Waals surface area (Å²) in [6, 6.07) is 4.95.